The molecule has 0 spiro atoms. The minimum absolute atomic E-state index is 0.00371. The SMILES string of the molecule is COc1ccc(C(=O)NC(C)C(C)C)c(F)c1. The van der Waals surface area contributed by atoms with Crippen molar-refractivity contribution in [2.45, 2.75) is 26.8 Å². The van der Waals surface area contributed by atoms with E-state index in [1.165, 1.54) is 19.2 Å². The van der Waals surface area contributed by atoms with Crippen molar-refractivity contribution in [2.75, 3.05) is 7.11 Å². The molecule has 1 N–H and O–H groups in total. The van der Waals surface area contributed by atoms with Gasteiger partial charge in [0, 0.05) is 12.1 Å². The molecule has 1 unspecified atom stereocenters. The summed E-state index contributed by atoms with van der Waals surface area (Å²) in [5.74, 6) is -0.264. The predicted octanol–water partition coefficient (Wildman–Crippen LogP) is 2.61. The van der Waals surface area contributed by atoms with Gasteiger partial charge in [-0.2, -0.15) is 0 Å². The predicted molar refractivity (Wildman–Crippen MR) is 64.7 cm³/mol. The van der Waals surface area contributed by atoms with Gasteiger partial charge < -0.3 is 10.1 Å². The zero-order valence-corrected chi connectivity index (χ0v) is 10.6. The van der Waals surface area contributed by atoms with Gasteiger partial charge in [-0.1, -0.05) is 13.8 Å². The smallest absolute Gasteiger partial charge is 0.254 e. The highest BCUT2D eigenvalue weighted by Crippen LogP contribution is 2.16. The van der Waals surface area contributed by atoms with Crippen molar-refractivity contribution < 1.29 is 13.9 Å². The Kier molecular flexibility index (Phi) is 4.49. The Morgan fingerprint density at radius 3 is 2.47 bits per heavy atom. The number of carbonyl (C=O) groups is 1. The summed E-state index contributed by atoms with van der Waals surface area (Å²) in [5, 5.41) is 2.75. The van der Waals surface area contributed by atoms with Crippen LogP contribution in [0.3, 0.4) is 0 Å². The van der Waals surface area contributed by atoms with E-state index in [0.717, 1.165) is 0 Å². The quantitative estimate of drug-likeness (QED) is 0.877. The van der Waals surface area contributed by atoms with Crippen LogP contribution >= 0.6 is 0 Å². The number of methoxy groups -OCH3 is 1. The highest BCUT2D eigenvalue weighted by atomic mass is 19.1. The summed E-state index contributed by atoms with van der Waals surface area (Å²) < 4.78 is 18.5. The van der Waals surface area contributed by atoms with E-state index in [0.29, 0.717) is 11.7 Å². The molecule has 0 aliphatic carbocycles. The average Bonchev–Trinajstić information content (AvgIpc) is 2.28. The Hall–Kier alpha value is -1.58. The molecule has 17 heavy (non-hydrogen) atoms. The topological polar surface area (TPSA) is 38.3 Å². The molecule has 1 rings (SSSR count). The molecule has 94 valence electrons. The lowest BCUT2D eigenvalue weighted by molar-refractivity contribution is 0.0926. The molecule has 1 aromatic carbocycles. The maximum Gasteiger partial charge on any atom is 0.254 e. The monoisotopic (exact) mass is 239 g/mol. The lowest BCUT2D eigenvalue weighted by Crippen LogP contribution is -2.36. The molecule has 4 heteroatoms. The van der Waals surface area contributed by atoms with E-state index in [-0.39, 0.29) is 11.6 Å². The fourth-order valence-corrected chi connectivity index (χ4v) is 1.26. The van der Waals surface area contributed by atoms with E-state index in [4.69, 9.17) is 4.74 Å². The van der Waals surface area contributed by atoms with Crippen LogP contribution in [0.2, 0.25) is 0 Å². The summed E-state index contributed by atoms with van der Waals surface area (Å²) in [5.41, 5.74) is 0.0401. The molecular formula is C13H18FNO2. The minimum atomic E-state index is -0.571. The summed E-state index contributed by atoms with van der Waals surface area (Å²) in [6.07, 6.45) is 0. The Bertz CT molecular complexity index is 404. The van der Waals surface area contributed by atoms with Crippen LogP contribution in [0.25, 0.3) is 0 Å². The van der Waals surface area contributed by atoms with E-state index in [1.54, 1.807) is 6.07 Å². The highest BCUT2D eigenvalue weighted by Gasteiger charge is 2.16. The molecule has 0 fully saturated rings. The first-order valence-electron chi connectivity index (χ1n) is 5.60. The Labute approximate surface area is 101 Å². The van der Waals surface area contributed by atoms with Crippen LogP contribution in [0.5, 0.6) is 5.75 Å². The number of hydrogen-bond donors (Lipinski definition) is 1. The van der Waals surface area contributed by atoms with Gasteiger partial charge in [-0.05, 0) is 25.0 Å². The lowest BCUT2D eigenvalue weighted by Gasteiger charge is -2.17. The number of hydrogen-bond acceptors (Lipinski definition) is 2. The van der Waals surface area contributed by atoms with Crippen LogP contribution in [-0.4, -0.2) is 19.1 Å². The van der Waals surface area contributed by atoms with Gasteiger partial charge in [0.2, 0.25) is 0 Å². The Balaban J connectivity index is 2.82. The van der Waals surface area contributed by atoms with Crippen molar-refractivity contribution in [3.05, 3.63) is 29.6 Å². The molecule has 1 atom stereocenters. The van der Waals surface area contributed by atoms with E-state index < -0.39 is 11.7 Å². The minimum Gasteiger partial charge on any atom is -0.497 e. The van der Waals surface area contributed by atoms with E-state index in [9.17, 15) is 9.18 Å². The second kappa shape index (κ2) is 5.66. The molecule has 0 saturated heterocycles. The van der Waals surface area contributed by atoms with Gasteiger partial charge in [0.1, 0.15) is 11.6 Å². The van der Waals surface area contributed by atoms with Gasteiger partial charge in [-0.3, -0.25) is 4.79 Å². The number of carbonyl (C=O) groups excluding carboxylic acids is 1. The van der Waals surface area contributed by atoms with Crippen LogP contribution in [0.4, 0.5) is 4.39 Å². The van der Waals surface area contributed by atoms with Crippen LogP contribution in [0.1, 0.15) is 31.1 Å². The largest absolute Gasteiger partial charge is 0.497 e. The van der Waals surface area contributed by atoms with Gasteiger partial charge in [-0.25, -0.2) is 4.39 Å². The summed E-state index contributed by atoms with van der Waals surface area (Å²) in [6.45, 7) is 5.88. The summed E-state index contributed by atoms with van der Waals surface area (Å²) in [4.78, 5) is 11.8. The third kappa shape index (κ3) is 3.44. The first-order chi connectivity index (χ1) is 7.95. The van der Waals surface area contributed by atoms with Crippen molar-refractivity contribution >= 4 is 5.91 Å². The fourth-order valence-electron chi connectivity index (χ4n) is 1.26. The summed E-state index contributed by atoms with van der Waals surface area (Å²) in [7, 11) is 1.45. The summed E-state index contributed by atoms with van der Waals surface area (Å²) in [6, 6.07) is 4.20. The fraction of sp³-hybridized carbons (Fsp3) is 0.462. The molecule has 0 aliphatic heterocycles. The Morgan fingerprint density at radius 1 is 1.35 bits per heavy atom. The van der Waals surface area contributed by atoms with Gasteiger partial charge in [0.25, 0.3) is 5.91 Å². The molecule has 3 nitrogen and oxygen atoms in total. The van der Waals surface area contributed by atoms with Gasteiger partial charge in [0.15, 0.2) is 0 Å². The number of amides is 1. The van der Waals surface area contributed by atoms with Crippen LogP contribution < -0.4 is 10.1 Å². The maximum atomic E-state index is 13.6. The third-order valence-electron chi connectivity index (χ3n) is 2.78. The number of benzene rings is 1. The number of ether oxygens (including phenoxy) is 1. The lowest BCUT2D eigenvalue weighted by atomic mass is 10.1. The van der Waals surface area contributed by atoms with Crippen LogP contribution in [-0.2, 0) is 0 Å². The molecule has 0 saturated carbocycles. The van der Waals surface area contributed by atoms with Crippen LogP contribution in [0, 0.1) is 11.7 Å². The van der Waals surface area contributed by atoms with Crippen LogP contribution in [0.15, 0.2) is 18.2 Å². The zero-order valence-electron chi connectivity index (χ0n) is 10.6. The molecule has 0 radical (unpaired) electrons. The van der Waals surface area contributed by atoms with Crippen molar-refractivity contribution in [1.29, 1.82) is 0 Å². The number of rotatable bonds is 4. The van der Waals surface area contributed by atoms with Gasteiger partial charge in [-0.15, -0.1) is 0 Å². The first-order valence-corrected chi connectivity index (χ1v) is 5.60. The first kappa shape index (κ1) is 13.5. The van der Waals surface area contributed by atoms with E-state index in [1.807, 2.05) is 20.8 Å². The third-order valence-corrected chi connectivity index (χ3v) is 2.78. The van der Waals surface area contributed by atoms with E-state index in [2.05, 4.69) is 5.32 Å². The molecule has 1 aromatic rings. The molecular weight excluding hydrogens is 221 g/mol. The maximum absolute atomic E-state index is 13.6. The van der Waals surface area contributed by atoms with Crippen molar-refractivity contribution in [3.63, 3.8) is 0 Å². The Morgan fingerprint density at radius 2 is 2.00 bits per heavy atom. The number of halogens is 1. The molecule has 0 heterocycles. The van der Waals surface area contributed by atoms with Crippen molar-refractivity contribution in [3.8, 4) is 5.75 Å². The van der Waals surface area contributed by atoms with Crippen molar-refractivity contribution in [1.82, 2.24) is 5.32 Å². The second-order valence-corrected chi connectivity index (χ2v) is 4.35. The van der Waals surface area contributed by atoms with Gasteiger partial charge in [0.05, 0.1) is 12.7 Å². The number of nitrogens with one attached hydrogen (secondary N) is 1. The molecule has 0 bridgehead atoms. The standard InChI is InChI=1S/C13H18FNO2/c1-8(2)9(3)15-13(16)11-6-5-10(17-4)7-12(11)14/h5-9H,1-4H3,(H,15,16). The zero-order chi connectivity index (χ0) is 13.0. The second-order valence-electron chi connectivity index (χ2n) is 4.35. The normalized spacial score (nSPS) is 12.4. The molecule has 1 amide bonds. The van der Waals surface area contributed by atoms with Crippen molar-refractivity contribution in [2.24, 2.45) is 5.92 Å². The van der Waals surface area contributed by atoms with E-state index >= 15 is 0 Å². The highest BCUT2D eigenvalue weighted by molar-refractivity contribution is 5.94. The molecule has 0 aromatic heterocycles. The van der Waals surface area contributed by atoms with Gasteiger partial charge >= 0.3 is 0 Å². The molecule has 0 aliphatic rings. The average molecular weight is 239 g/mol. The summed E-state index contributed by atoms with van der Waals surface area (Å²) >= 11 is 0.